The van der Waals surface area contributed by atoms with Crippen LogP contribution in [-0.2, 0) is 0 Å². The summed E-state index contributed by atoms with van der Waals surface area (Å²) < 4.78 is 0. The van der Waals surface area contributed by atoms with Crippen LogP contribution in [0.4, 0.5) is 10.5 Å². The number of aromatic carboxylic acids is 1. The number of carbonyl (C=O) groups excluding carboxylic acids is 1. The maximum Gasteiger partial charge on any atom is 0.338 e. The zero-order valence-electron chi connectivity index (χ0n) is 12.0. The Morgan fingerprint density at radius 3 is 2.60 bits per heavy atom. The predicted molar refractivity (Wildman–Crippen MR) is 77.1 cm³/mol. The summed E-state index contributed by atoms with van der Waals surface area (Å²) >= 11 is 0. The lowest BCUT2D eigenvalue weighted by molar-refractivity contribution is 0.0697. The number of amides is 2. The molecule has 1 aromatic carbocycles. The van der Waals surface area contributed by atoms with Crippen LogP contribution in [0.3, 0.4) is 0 Å². The number of carbonyl (C=O) groups is 2. The number of hydrogen-bond acceptors (Lipinski definition) is 2. The summed E-state index contributed by atoms with van der Waals surface area (Å²) in [5.74, 6) is -0.460. The first-order valence-corrected chi connectivity index (χ1v) is 6.78. The zero-order valence-corrected chi connectivity index (χ0v) is 12.0. The fourth-order valence-electron chi connectivity index (χ4n) is 2.34. The van der Waals surface area contributed by atoms with Gasteiger partial charge in [0.15, 0.2) is 0 Å². The first-order valence-electron chi connectivity index (χ1n) is 6.78. The standard InChI is InChI=1S/C15H20N2O3/c1-9-5-4-6-12(13(9)14(18)19)16-15(20)17(3)10(2)11-7-8-11/h4-6,10-11H,7-8H2,1-3H3,(H,16,20)(H,18,19). The Balaban J connectivity index is 2.15. The lowest BCUT2D eigenvalue weighted by atomic mass is 10.1. The number of nitrogens with zero attached hydrogens (tertiary/aromatic N) is 1. The van der Waals surface area contributed by atoms with Crippen LogP contribution in [-0.4, -0.2) is 35.1 Å². The second kappa shape index (κ2) is 5.53. The Labute approximate surface area is 118 Å². The van der Waals surface area contributed by atoms with E-state index in [-0.39, 0.29) is 17.6 Å². The number of urea groups is 1. The molecule has 0 spiro atoms. The number of rotatable bonds is 4. The van der Waals surface area contributed by atoms with E-state index < -0.39 is 5.97 Å². The van der Waals surface area contributed by atoms with E-state index in [1.807, 2.05) is 6.92 Å². The van der Waals surface area contributed by atoms with Crippen LogP contribution in [0.1, 0.15) is 35.7 Å². The second-order valence-corrected chi connectivity index (χ2v) is 5.42. The SMILES string of the molecule is Cc1cccc(NC(=O)N(C)C(C)C2CC2)c1C(=O)O. The highest BCUT2D eigenvalue weighted by Gasteiger charge is 2.32. The smallest absolute Gasteiger partial charge is 0.338 e. The highest BCUT2D eigenvalue weighted by Crippen LogP contribution is 2.34. The molecule has 0 aliphatic heterocycles. The lowest BCUT2D eigenvalue weighted by Gasteiger charge is -2.25. The molecule has 1 unspecified atom stereocenters. The van der Waals surface area contributed by atoms with E-state index in [9.17, 15) is 14.7 Å². The minimum atomic E-state index is -1.03. The summed E-state index contributed by atoms with van der Waals surface area (Å²) in [6.45, 7) is 3.74. The Morgan fingerprint density at radius 2 is 2.05 bits per heavy atom. The van der Waals surface area contributed by atoms with Crippen molar-refractivity contribution in [3.8, 4) is 0 Å². The summed E-state index contributed by atoms with van der Waals surface area (Å²) in [6, 6.07) is 4.98. The van der Waals surface area contributed by atoms with Gasteiger partial charge in [-0.15, -0.1) is 0 Å². The molecule has 0 bridgehead atoms. The van der Waals surface area contributed by atoms with Crippen molar-refractivity contribution in [1.82, 2.24) is 4.90 Å². The number of hydrogen-bond donors (Lipinski definition) is 2. The third-order valence-electron chi connectivity index (χ3n) is 3.96. The number of aryl methyl sites for hydroxylation is 1. The first-order chi connectivity index (χ1) is 9.41. The van der Waals surface area contributed by atoms with Crippen LogP contribution in [0, 0.1) is 12.8 Å². The molecule has 1 atom stereocenters. The molecular weight excluding hydrogens is 256 g/mol. The van der Waals surface area contributed by atoms with E-state index in [2.05, 4.69) is 5.32 Å². The van der Waals surface area contributed by atoms with Crippen molar-refractivity contribution in [2.24, 2.45) is 5.92 Å². The molecule has 0 saturated heterocycles. The van der Waals surface area contributed by atoms with Gasteiger partial charge >= 0.3 is 12.0 Å². The third-order valence-corrected chi connectivity index (χ3v) is 3.96. The lowest BCUT2D eigenvalue weighted by Crippen LogP contribution is -2.39. The summed E-state index contributed by atoms with van der Waals surface area (Å²) in [5, 5.41) is 11.9. The number of carboxylic acid groups (broad SMARTS) is 1. The molecule has 1 aliphatic carbocycles. The van der Waals surface area contributed by atoms with Gasteiger partial charge in [-0.05, 0) is 44.2 Å². The van der Waals surface area contributed by atoms with Gasteiger partial charge in [-0.1, -0.05) is 12.1 Å². The van der Waals surface area contributed by atoms with E-state index >= 15 is 0 Å². The van der Waals surface area contributed by atoms with Gasteiger partial charge < -0.3 is 15.3 Å². The molecule has 20 heavy (non-hydrogen) atoms. The van der Waals surface area contributed by atoms with Gasteiger partial charge in [-0.25, -0.2) is 9.59 Å². The highest BCUT2D eigenvalue weighted by molar-refractivity contribution is 6.01. The van der Waals surface area contributed by atoms with Crippen LogP contribution in [0.25, 0.3) is 0 Å². The molecule has 1 fully saturated rings. The zero-order chi connectivity index (χ0) is 14.9. The maximum absolute atomic E-state index is 12.2. The van der Waals surface area contributed by atoms with Gasteiger partial charge in [0, 0.05) is 13.1 Å². The summed E-state index contributed by atoms with van der Waals surface area (Å²) in [6.07, 6.45) is 2.31. The molecule has 0 heterocycles. The third kappa shape index (κ3) is 2.92. The molecule has 0 radical (unpaired) electrons. The molecule has 0 aromatic heterocycles. The van der Waals surface area contributed by atoms with Gasteiger partial charge in [0.2, 0.25) is 0 Å². The van der Waals surface area contributed by atoms with Crippen molar-refractivity contribution in [1.29, 1.82) is 0 Å². The van der Waals surface area contributed by atoms with Crippen molar-refractivity contribution < 1.29 is 14.7 Å². The fourth-order valence-corrected chi connectivity index (χ4v) is 2.34. The minimum Gasteiger partial charge on any atom is -0.478 e. The largest absolute Gasteiger partial charge is 0.478 e. The predicted octanol–water partition coefficient (Wildman–Crippen LogP) is 2.96. The second-order valence-electron chi connectivity index (χ2n) is 5.42. The van der Waals surface area contributed by atoms with Gasteiger partial charge in [0.1, 0.15) is 0 Å². The Morgan fingerprint density at radius 1 is 1.40 bits per heavy atom. The Kier molecular flexibility index (Phi) is 3.97. The number of carboxylic acids is 1. The van der Waals surface area contributed by atoms with Crippen LogP contribution >= 0.6 is 0 Å². The molecule has 1 saturated carbocycles. The summed E-state index contributed by atoms with van der Waals surface area (Å²) in [5.41, 5.74) is 1.12. The molecular formula is C15H20N2O3. The molecule has 108 valence electrons. The quantitative estimate of drug-likeness (QED) is 0.888. The topological polar surface area (TPSA) is 69.6 Å². The average Bonchev–Trinajstić information content (AvgIpc) is 3.20. The number of anilines is 1. The normalized spacial score (nSPS) is 15.6. The van der Waals surface area contributed by atoms with E-state index in [1.54, 1.807) is 37.1 Å². The Bertz CT molecular complexity index is 538. The van der Waals surface area contributed by atoms with Crippen LogP contribution in [0.5, 0.6) is 0 Å². The van der Waals surface area contributed by atoms with Crippen LogP contribution in [0.2, 0.25) is 0 Å². The summed E-state index contributed by atoms with van der Waals surface area (Å²) in [4.78, 5) is 25.1. The molecule has 2 N–H and O–H groups in total. The molecule has 5 nitrogen and oxygen atoms in total. The van der Waals surface area contributed by atoms with Crippen LogP contribution in [0.15, 0.2) is 18.2 Å². The molecule has 1 aromatic rings. The van der Waals surface area contributed by atoms with E-state index in [0.717, 1.165) is 12.8 Å². The monoisotopic (exact) mass is 276 g/mol. The van der Waals surface area contributed by atoms with Gasteiger partial charge in [0.25, 0.3) is 0 Å². The van der Waals surface area contributed by atoms with Crippen LogP contribution < -0.4 is 5.32 Å². The van der Waals surface area contributed by atoms with E-state index in [1.165, 1.54) is 0 Å². The number of nitrogens with one attached hydrogen (secondary N) is 1. The van der Waals surface area contributed by atoms with Gasteiger partial charge in [-0.2, -0.15) is 0 Å². The van der Waals surface area contributed by atoms with Crippen molar-refractivity contribution in [3.63, 3.8) is 0 Å². The highest BCUT2D eigenvalue weighted by atomic mass is 16.4. The minimum absolute atomic E-state index is 0.147. The first kappa shape index (κ1) is 14.4. The molecule has 5 heteroatoms. The van der Waals surface area contributed by atoms with Crippen molar-refractivity contribution in [2.75, 3.05) is 12.4 Å². The molecule has 2 rings (SSSR count). The van der Waals surface area contributed by atoms with E-state index in [4.69, 9.17) is 0 Å². The maximum atomic E-state index is 12.2. The fraction of sp³-hybridized carbons (Fsp3) is 0.467. The molecule has 1 aliphatic rings. The van der Waals surface area contributed by atoms with Gasteiger partial charge in [0.05, 0.1) is 11.3 Å². The molecule has 2 amide bonds. The van der Waals surface area contributed by atoms with Crippen molar-refractivity contribution in [3.05, 3.63) is 29.3 Å². The number of benzene rings is 1. The summed E-state index contributed by atoms with van der Waals surface area (Å²) in [7, 11) is 1.74. The van der Waals surface area contributed by atoms with Gasteiger partial charge in [-0.3, -0.25) is 0 Å². The Hall–Kier alpha value is -2.04. The van der Waals surface area contributed by atoms with Crippen molar-refractivity contribution in [2.45, 2.75) is 32.7 Å². The van der Waals surface area contributed by atoms with E-state index in [0.29, 0.717) is 17.2 Å². The van der Waals surface area contributed by atoms with Crippen molar-refractivity contribution >= 4 is 17.7 Å². The average molecular weight is 276 g/mol.